The lowest BCUT2D eigenvalue weighted by atomic mass is 9.94. The first-order valence-electron chi connectivity index (χ1n) is 5.79. The molecule has 0 heterocycles. The number of hydrogen-bond donors (Lipinski definition) is 2. The van der Waals surface area contributed by atoms with Gasteiger partial charge in [0.25, 0.3) is 0 Å². The van der Waals surface area contributed by atoms with Crippen LogP contribution >= 0.6 is 0 Å². The molecule has 0 aliphatic heterocycles. The molecule has 4 nitrogen and oxygen atoms in total. The summed E-state index contributed by atoms with van der Waals surface area (Å²) >= 11 is 0. The van der Waals surface area contributed by atoms with Gasteiger partial charge in [0.15, 0.2) is 0 Å². The minimum absolute atomic E-state index is 0.0117. The third-order valence-electron chi connectivity index (χ3n) is 3.00. The number of nitrogens with two attached hydrogens (primary N) is 1. The average molecular weight is 246 g/mol. The summed E-state index contributed by atoms with van der Waals surface area (Å²) in [6.07, 6.45) is 6.16. The van der Waals surface area contributed by atoms with Crippen molar-refractivity contribution in [1.29, 1.82) is 0 Å². The molecule has 1 fully saturated rings. The van der Waals surface area contributed by atoms with Gasteiger partial charge >= 0.3 is 0 Å². The van der Waals surface area contributed by atoms with Crippen molar-refractivity contribution in [3.05, 3.63) is 0 Å². The Balaban J connectivity index is 2.32. The molecule has 0 aromatic rings. The van der Waals surface area contributed by atoms with Crippen LogP contribution in [0, 0.1) is 0 Å². The number of hydrogen-bond acceptors (Lipinski definition) is 3. The molecule has 1 amide bonds. The van der Waals surface area contributed by atoms with E-state index in [0.717, 1.165) is 25.7 Å². The summed E-state index contributed by atoms with van der Waals surface area (Å²) < 4.78 is 11.0. The summed E-state index contributed by atoms with van der Waals surface area (Å²) in [5.74, 6) is 0.492. The van der Waals surface area contributed by atoms with Crippen molar-refractivity contribution in [2.24, 2.45) is 5.73 Å². The number of amides is 1. The van der Waals surface area contributed by atoms with E-state index in [0.29, 0.717) is 12.2 Å². The van der Waals surface area contributed by atoms with E-state index in [2.05, 4.69) is 5.32 Å². The third kappa shape index (κ3) is 4.61. The lowest BCUT2D eigenvalue weighted by Crippen LogP contribution is -2.45. The summed E-state index contributed by atoms with van der Waals surface area (Å²) in [7, 11) is -0.872. The van der Waals surface area contributed by atoms with Crippen LogP contribution < -0.4 is 11.1 Å². The van der Waals surface area contributed by atoms with E-state index < -0.39 is 10.8 Å². The van der Waals surface area contributed by atoms with E-state index in [9.17, 15) is 9.00 Å². The van der Waals surface area contributed by atoms with Crippen LogP contribution in [0.3, 0.4) is 0 Å². The van der Waals surface area contributed by atoms with Gasteiger partial charge in [-0.25, -0.2) is 0 Å². The zero-order chi connectivity index (χ0) is 12.2. The molecule has 0 spiro atoms. The van der Waals surface area contributed by atoms with Gasteiger partial charge in [0.1, 0.15) is 0 Å². The molecule has 2 atom stereocenters. The predicted molar refractivity (Wildman–Crippen MR) is 66.5 cm³/mol. The maximum atomic E-state index is 11.7. The predicted octanol–water partition coefficient (Wildman–Crippen LogP) is 0.531. The summed E-state index contributed by atoms with van der Waals surface area (Å²) in [6.45, 7) is 1.87. The largest absolute Gasteiger partial charge is 0.353 e. The maximum absolute atomic E-state index is 11.7. The van der Waals surface area contributed by atoms with Gasteiger partial charge in [0, 0.05) is 40.8 Å². The van der Waals surface area contributed by atoms with E-state index in [1.165, 1.54) is 0 Å². The standard InChI is InChI=1S/C11H22N2O2S/c1-9(8-16(2)15)13-10(14)7-11(12)5-3-4-6-11/h9H,3-8,12H2,1-2H3,(H,13,14). The smallest absolute Gasteiger partial charge is 0.222 e. The Morgan fingerprint density at radius 2 is 2.06 bits per heavy atom. The highest BCUT2D eigenvalue weighted by atomic mass is 32.2. The Labute approximate surface area is 99.8 Å². The highest BCUT2D eigenvalue weighted by Gasteiger charge is 2.31. The second kappa shape index (κ2) is 5.77. The number of carbonyl (C=O) groups excluding carboxylic acids is 1. The van der Waals surface area contributed by atoms with Gasteiger partial charge in [0.05, 0.1) is 0 Å². The molecule has 94 valence electrons. The van der Waals surface area contributed by atoms with Crippen molar-refractivity contribution >= 4 is 16.7 Å². The Morgan fingerprint density at radius 3 is 2.56 bits per heavy atom. The van der Waals surface area contributed by atoms with Crippen LogP contribution in [-0.2, 0) is 15.6 Å². The second-order valence-corrected chi connectivity index (χ2v) is 6.43. The van der Waals surface area contributed by atoms with Crippen LogP contribution in [0.4, 0.5) is 0 Å². The van der Waals surface area contributed by atoms with Crippen molar-refractivity contribution in [2.75, 3.05) is 12.0 Å². The molecule has 1 aliphatic rings. The molecule has 0 saturated heterocycles. The minimum Gasteiger partial charge on any atom is -0.353 e. The second-order valence-electron chi connectivity index (χ2n) is 4.95. The molecular formula is C11H22N2O2S. The molecule has 0 radical (unpaired) electrons. The highest BCUT2D eigenvalue weighted by Crippen LogP contribution is 2.29. The summed E-state index contributed by atoms with van der Waals surface area (Å²) in [5, 5.41) is 2.85. The van der Waals surface area contributed by atoms with Crippen molar-refractivity contribution in [3.63, 3.8) is 0 Å². The summed E-state index contributed by atoms with van der Waals surface area (Å²) in [6, 6.07) is -0.0386. The van der Waals surface area contributed by atoms with Crippen molar-refractivity contribution in [2.45, 2.75) is 50.6 Å². The molecular weight excluding hydrogens is 224 g/mol. The lowest BCUT2D eigenvalue weighted by Gasteiger charge is -2.23. The fourth-order valence-corrected chi connectivity index (χ4v) is 3.08. The molecule has 1 aliphatic carbocycles. The molecule has 1 saturated carbocycles. The van der Waals surface area contributed by atoms with Crippen molar-refractivity contribution in [1.82, 2.24) is 5.32 Å². The molecule has 0 aromatic carbocycles. The quantitative estimate of drug-likeness (QED) is 0.743. The highest BCUT2D eigenvalue weighted by molar-refractivity contribution is 7.84. The minimum atomic E-state index is -0.872. The Hall–Kier alpha value is -0.420. The number of carbonyl (C=O) groups is 1. The first kappa shape index (κ1) is 13.6. The lowest BCUT2D eigenvalue weighted by molar-refractivity contribution is -0.122. The average Bonchev–Trinajstić information content (AvgIpc) is 2.48. The molecule has 1 rings (SSSR count). The van der Waals surface area contributed by atoms with Crippen LogP contribution in [0.5, 0.6) is 0 Å². The first-order chi connectivity index (χ1) is 7.41. The van der Waals surface area contributed by atoms with Crippen LogP contribution in [0.25, 0.3) is 0 Å². The van der Waals surface area contributed by atoms with Gasteiger partial charge < -0.3 is 11.1 Å². The monoisotopic (exact) mass is 246 g/mol. The third-order valence-corrected chi connectivity index (χ3v) is 3.97. The fraction of sp³-hybridized carbons (Fsp3) is 0.909. The van der Waals surface area contributed by atoms with E-state index in [1.54, 1.807) is 6.26 Å². The van der Waals surface area contributed by atoms with Gasteiger partial charge in [-0.05, 0) is 19.8 Å². The molecule has 0 bridgehead atoms. The maximum Gasteiger partial charge on any atom is 0.222 e. The molecule has 0 aromatic heterocycles. The van der Waals surface area contributed by atoms with Gasteiger partial charge in [-0.3, -0.25) is 9.00 Å². The van der Waals surface area contributed by atoms with E-state index in [4.69, 9.17) is 5.73 Å². The zero-order valence-electron chi connectivity index (χ0n) is 10.1. The van der Waals surface area contributed by atoms with Crippen LogP contribution in [0.1, 0.15) is 39.0 Å². The fourth-order valence-electron chi connectivity index (χ4n) is 2.30. The van der Waals surface area contributed by atoms with E-state index >= 15 is 0 Å². The Bertz CT molecular complexity index is 275. The van der Waals surface area contributed by atoms with Crippen LogP contribution in [-0.4, -0.2) is 33.7 Å². The molecule has 16 heavy (non-hydrogen) atoms. The Morgan fingerprint density at radius 1 is 1.50 bits per heavy atom. The normalized spacial score (nSPS) is 22.7. The first-order valence-corrected chi connectivity index (χ1v) is 7.52. The van der Waals surface area contributed by atoms with E-state index in [1.807, 2.05) is 6.92 Å². The zero-order valence-corrected chi connectivity index (χ0v) is 10.9. The summed E-state index contributed by atoms with van der Waals surface area (Å²) in [4.78, 5) is 11.7. The van der Waals surface area contributed by atoms with Crippen LogP contribution in [0.15, 0.2) is 0 Å². The molecule has 3 N–H and O–H groups in total. The van der Waals surface area contributed by atoms with Gasteiger partial charge in [-0.2, -0.15) is 0 Å². The molecule has 5 heteroatoms. The van der Waals surface area contributed by atoms with Gasteiger partial charge in [0.2, 0.25) is 5.91 Å². The van der Waals surface area contributed by atoms with Gasteiger partial charge in [-0.15, -0.1) is 0 Å². The molecule has 2 unspecified atom stereocenters. The SMILES string of the molecule is CC(CS(C)=O)NC(=O)CC1(N)CCCC1. The topological polar surface area (TPSA) is 72.2 Å². The Kier molecular flexibility index (Phi) is 4.92. The van der Waals surface area contributed by atoms with Crippen LogP contribution in [0.2, 0.25) is 0 Å². The van der Waals surface area contributed by atoms with Crippen molar-refractivity contribution < 1.29 is 9.00 Å². The van der Waals surface area contributed by atoms with Crippen molar-refractivity contribution in [3.8, 4) is 0 Å². The van der Waals surface area contributed by atoms with Gasteiger partial charge in [-0.1, -0.05) is 12.8 Å². The van der Waals surface area contributed by atoms with E-state index in [-0.39, 0.29) is 17.5 Å². The number of nitrogens with one attached hydrogen (secondary N) is 1. The summed E-state index contributed by atoms with van der Waals surface area (Å²) in [5.41, 5.74) is 5.82. The number of rotatable bonds is 5.